The molecule has 23 heavy (non-hydrogen) atoms. The number of aliphatic hydroxyl groups excluding tert-OH is 1. The van der Waals surface area contributed by atoms with Crippen LogP contribution in [0.15, 0.2) is 42.7 Å². The fourth-order valence-electron chi connectivity index (χ4n) is 4.32. The Kier molecular flexibility index (Phi) is 3.65. The van der Waals surface area contributed by atoms with E-state index in [-0.39, 0.29) is 24.5 Å². The summed E-state index contributed by atoms with van der Waals surface area (Å²) in [4.78, 5) is 12.5. The lowest BCUT2D eigenvalue weighted by molar-refractivity contribution is 0.0861. The highest BCUT2D eigenvalue weighted by atomic mass is 16.3. The van der Waals surface area contributed by atoms with Gasteiger partial charge in [0.1, 0.15) is 0 Å². The minimum absolute atomic E-state index is 0.0481. The van der Waals surface area contributed by atoms with Crippen LogP contribution in [0.2, 0.25) is 0 Å². The van der Waals surface area contributed by atoms with Crippen molar-refractivity contribution >= 4 is 5.91 Å². The maximum atomic E-state index is 12.5. The number of amides is 1. The van der Waals surface area contributed by atoms with Gasteiger partial charge in [-0.25, -0.2) is 4.68 Å². The second-order valence-corrected chi connectivity index (χ2v) is 6.68. The Labute approximate surface area is 135 Å². The highest BCUT2D eigenvalue weighted by Crippen LogP contribution is 2.48. The van der Waals surface area contributed by atoms with Crippen LogP contribution in [0.4, 0.5) is 0 Å². The average Bonchev–Trinajstić information content (AvgIpc) is 3.32. The van der Waals surface area contributed by atoms with Gasteiger partial charge in [0, 0.05) is 36.5 Å². The zero-order valence-electron chi connectivity index (χ0n) is 12.9. The van der Waals surface area contributed by atoms with Crippen molar-refractivity contribution in [2.45, 2.75) is 25.3 Å². The van der Waals surface area contributed by atoms with Gasteiger partial charge in [0.25, 0.3) is 5.91 Å². The molecule has 4 rings (SSSR count). The smallest absolute Gasteiger partial charge is 0.251 e. The molecule has 0 aliphatic heterocycles. The van der Waals surface area contributed by atoms with E-state index in [9.17, 15) is 9.90 Å². The van der Waals surface area contributed by atoms with Crippen LogP contribution in [0.5, 0.6) is 0 Å². The summed E-state index contributed by atoms with van der Waals surface area (Å²) < 4.78 is 1.76. The summed E-state index contributed by atoms with van der Waals surface area (Å²) in [5.41, 5.74) is 1.58. The molecule has 120 valence electrons. The van der Waals surface area contributed by atoms with E-state index in [1.165, 1.54) is 12.8 Å². The Hall–Kier alpha value is -2.14. The normalized spacial score (nSPS) is 28.9. The molecule has 2 N–H and O–H groups in total. The number of benzene rings is 1. The van der Waals surface area contributed by atoms with Gasteiger partial charge in [0.15, 0.2) is 0 Å². The topological polar surface area (TPSA) is 67.2 Å². The van der Waals surface area contributed by atoms with Crippen molar-refractivity contribution < 1.29 is 9.90 Å². The second kappa shape index (κ2) is 5.81. The standard InChI is InChI=1S/C18H21N3O2/c22-11-16-13-2-3-14(10-13)17(16)20-18(23)12-4-6-15(7-5-12)21-9-1-8-19-21/h1,4-9,13-14,16-17,22H,2-3,10-11H2,(H,20,23). The first-order valence-corrected chi connectivity index (χ1v) is 8.28. The molecule has 0 radical (unpaired) electrons. The third-order valence-corrected chi connectivity index (χ3v) is 5.50. The van der Waals surface area contributed by atoms with E-state index in [0.717, 1.165) is 12.1 Å². The summed E-state index contributed by atoms with van der Waals surface area (Å²) in [7, 11) is 0. The lowest BCUT2D eigenvalue weighted by atomic mass is 9.85. The number of aliphatic hydroxyl groups is 1. The van der Waals surface area contributed by atoms with E-state index in [0.29, 0.717) is 17.4 Å². The zero-order chi connectivity index (χ0) is 15.8. The van der Waals surface area contributed by atoms with Gasteiger partial charge in [0.05, 0.1) is 5.69 Å². The number of fused-ring (bicyclic) bond motifs is 2. The molecule has 2 fully saturated rings. The third kappa shape index (κ3) is 2.55. The Morgan fingerprint density at radius 2 is 2.04 bits per heavy atom. The first-order chi connectivity index (χ1) is 11.3. The van der Waals surface area contributed by atoms with Gasteiger partial charge >= 0.3 is 0 Å². The van der Waals surface area contributed by atoms with Crippen molar-refractivity contribution in [1.29, 1.82) is 0 Å². The molecule has 2 aliphatic carbocycles. The molecule has 1 heterocycles. The minimum atomic E-state index is -0.0481. The van der Waals surface area contributed by atoms with Crippen molar-refractivity contribution in [1.82, 2.24) is 15.1 Å². The quantitative estimate of drug-likeness (QED) is 0.907. The fourth-order valence-corrected chi connectivity index (χ4v) is 4.32. The largest absolute Gasteiger partial charge is 0.396 e. The Balaban J connectivity index is 1.47. The number of carbonyl (C=O) groups is 1. The monoisotopic (exact) mass is 311 g/mol. The molecule has 1 amide bonds. The summed E-state index contributed by atoms with van der Waals surface area (Å²) in [5, 5.41) is 17.0. The number of aromatic nitrogens is 2. The Morgan fingerprint density at radius 1 is 1.26 bits per heavy atom. The van der Waals surface area contributed by atoms with Crippen LogP contribution < -0.4 is 5.32 Å². The van der Waals surface area contributed by atoms with Crippen LogP contribution in [0, 0.1) is 17.8 Å². The van der Waals surface area contributed by atoms with Crippen LogP contribution in [0.25, 0.3) is 5.69 Å². The maximum Gasteiger partial charge on any atom is 0.251 e. The summed E-state index contributed by atoms with van der Waals surface area (Å²) in [6.07, 6.45) is 7.11. The predicted molar refractivity (Wildman–Crippen MR) is 86.2 cm³/mol. The molecule has 0 spiro atoms. The van der Waals surface area contributed by atoms with Crippen molar-refractivity contribution in [2.24, 2.45) is 17.8 Å². The summed E-state index contributed by atoms with van der Waals surface area (Å²) in [6, 6.07) is 9.43. The summed E-state index contributed by atoms with van der Waals surface area (Å²) >= 11 is 0. The van der Waals surface area contributed by atoms with Crippen molar-refractivity contribution in [2.75, 3.05) is 6.61 Å². The van der Waals surface area contributed by atoms with Crippen LogP contribution in [-0.4, -0.2) is 33.4 Å². The lowest BCUT2D eigenvalue weighted by Gasteiger charge is -2.30. The van der Waals surface area contributed by atoms with E-state index < -0.39 is 0 Å². The number of carbonyl (C=O) groups excluding carboxylic acids is 1. The van der Waals surface area contributed by atoms with Crippen LogP contribution >= 0.6 is 0 Å². The fraction of sp³-hybridized carbons (Fsp3) is 0.444. The first kappa shape index (κ1) is 14.5. The van der Waals surface area contributed by atoms with Gasteiger partial charge in [0.2, 0.25) is 0 Å². The van der Waals surface area contributed by atoms with Crippen molar-refractivity contribution in [3.05, 3.63) is 48.3 Å². The van der Waals surface area contributed by atoms with Crippen LogP contribution in [0.3, 0.4) is 0 Å². The van der Waals surface area contributed by atoms with E-state index in [1.54, 1.807) is 10.9 Å². The SMILES string of the molecule is O=C(NC1C2CCC(C2)C1CO)c1ccc(-n2cccn2)cc1. The van der Waals surface area contributed by atoms with Crippen molar-refractivity contribution in [3.63, 3.8) is 0 Å². The number of nitrogens with one attached hydrogen (secondary N) is 1. The molecule has 1 aromatic heterocycles. The molecular formula is C18H21N3O2. The number of rotatable bonds is 4. The Morgan fingerprint density at radius 3 is 2.74 bits per heavy atom. The molecule has 2 aliphatic rings. The number of hydrogen-bond donors (Lipinski definition) is 2. The first-order valence-electron chi connectivity index (χ1n) is 8.28. The summed E-state index contributed by atoms with van der Waals surface area (Å²) in [6.45, 7) is 0.171. The van der Waals surface area contributed by atoms with E-state index >= 15 is 0 Å². The summed E-state index contributed by atoms with van der Waals surface area (Å²) in [5.74, 6) is 1.29. The van der Waals surface area contributed by atoms with Gasteiger partial charge in [-0.15, -0.1) is 0 Å². The molecule has 2 aromatic rings. The van der Waals surface area contributed by atoms with Crippen LogP contribution in [0.1, 0.15) is 29.6 Å². The highest BCUT2D eigenvalue weighted by molar-refractivity contribution is 5.94. The molecule has 2 bridgehead atoms. The van der Waals surface area contributed by atoms with Gasteiger partial charge in [-0.05, 0) is 61.4 Å². The van der Waals surface area contributed by atoms with Gasteiger partial charge in [-0.3, -0.25) is 4.79 Å². The maximum absolute atomic E-state index is 12.5. The van der Waals surface area contributed by atoms with Gasteiger partial charge in [-0.2, -0.15) is 5.10 Å². The molecular weight excluding hydrogens is 290 g/mol. The minimum Gasteiger partial charge on any atom is -0.396 e. The molecule has 0 saturated heterocycles. The molecule has 1 aromatic carbocycles. The van der Waals surface area contributed by atoms with Crippen molar-refractivity contribution in [3.8, 4) is 5.69 Å². The number of hydrogen-bond acceptors (Lipinski definition) is 3. The lowest BCUT2D eigenvalue weighted by Crippen LogP contribution is -2.45. The molecule has 4 unspecified atom stereocenters. The van der Waals surface area contributed by atoms with Crippen LogP contribution in [-0.2, 0) is 0 Å². The Bertz CT molecular complexity index is 681. The third-order valence-electron chi connectivity index (χ3n) is 5.50. The van der Waals surface area contributed by atoms with Gasteiger partial charge < -0.3 is 10.4 Å². The molecule has 4 atom stereocenters. The predicted octanol–water partition coefficient (Wildman–Crippen LogP) is 2.01. The molecule has 5 nitrogen and oxygen atoms in total. The molecule has 2 saturated carbocycles. The highest BCUT2D eigenvalue weighted by Gasteiger charge is 2.47. The average molecular weight is 311 g/mol. The second-order valence-electron chi connectivity index (χ2n) is 6.68. The van der Waals surface area contributed by atoms with E-state index in [2.05, 4.69) is 10.4 Å². The van der Waals surface area contributed by atoms with Gasteiger partial charge in [-0.1, -0.05) is 0 Å². The van der Waals surface area contributed by atoms with E-state index in [1.807, 2.05) is 36.5 Å². The zero-order valence-corrected chi connectivity index (χ0v) is 12.9. The van der Waals surface area contributed by atoms with E-state index in [4.69, 9.17) is 0 Å². The number of nitrogens with zero attached hydrogens (tertiary/aromatic N) is 2. The molecule has 5 heteroatoms.